The fourth-order valence-corrected chi connectivity index (χ4v) is 4.74. The highest BCUT2D eigenvalue weighted by molar-refractivity contribution is 7.89. The second-order valence-corrected chi connectivity index (χ2v) is 8.52. The van der Waals surface area contributed by atoms with Crippen LogP contribution in [0.4, 0.5) is 5.69 Å². The van der Waals surface area contributed by atoms with Gasteiger partial charge >= 0.3 is 0 Å². The average Bonchev–Trinajstić information content (AvgIpc) is 2.79. The van der Waals surface area contributed by atoms with Gasteiger partial charge in [0.25, 0.3) is 11.6 Å². The first-order chi connectivity index (χ1) is 14.9. The Morgan fingerprint density at radius 2 is 1.84 bits per heavy atom. The van der Waals surface area contributed by atoms with Crippen LogP contribution in [0, 0.1) is 10.1 Å². The van der Waals surface area contributed by atoms with Crippen LogP contribution in [-0.4, -0.2) is 79.9 Å². The molecule has 11 nitrogen and oxygen atoms in total. The Balaban J connectivity index is 1.72. The number of ether oxygens (including phenoxy) is 2. The number of amides is 1. The van der Waals surface area contributed by atoms with Gasteiger partial charge in [0.1, 0.15) is 12.2 Å². The van der Waals surface area contributed by atoms with E-state index in [-0.39, 0.29) is 55.0 Å². The molecule has 1 aromatic carbocycles. The molecule has 1 aliphatic heterocycles. The van der Waals surface area contributed by atoms with Gasteiger partial charge in [-0.05, 0) is 18.2 Å². The Bertz CT molecular complexity index is 1050. The molecule has 31 heavy (non-hydrogen) atoms. The molecule has 0 aliphatic carbocycles. The number of sulfonamides is 1. The van der Waals surface area contributed by atoms with Gasteiger partial charge in [-0.2, -0.15) is 4.31 Å². The lowest BCUT2D eigenvalue weighted by atomic mass is 10.2. The predicted octanol–water partition coefficient (Wildman–Crippen LogP) is 1.16. The summed E-state index contributed by atoms with van der Waals surface area (Å²) in [7, 11) is -2.54. The van der Waals surface area contributed by atoms with E-state index in [2.05, 4.69) is 4.98 Å². The number of pyridine rings is 1. The van der Waals surface area contributed by atoms with Gasteiger partial charge < -0.3 is 14.4 Å². The third-order valence-electron chi connectivity index (χ3n) is 4.73. The zero-order chi connectivity index (χ0) is 22.4. The zero-order valence-corrected chi connectivity index (χ0v) is 17.7. The van der Waals surface area contributed by atoms with Crippen LogP contribution < -0.4 is 4.74 Å². The summed E-state index contributed by atoms with van der Waals surface area (Å²) < 4.78 is 37.5. The smallest absolute Gasteiger partial charge is 0.289 e. The number of aromatic nitrogens is 1. The highest BCUT2D eigenvalue weighted by Gasteiger charge is 2.35. The van der Waals surface area contributed by atoms with Crippen molar-refractivity contribution in [3.8, 4) is 5.88 Å². The second-order valence-electron chi connectivity index (χ2n) is 6.62. The van der Waals surface area contributed by atoms with Gasteiger partial charge in [0.15, 0.2) is 4.90 Å². The van der Waals surface area contributed by atoms with Crippen molar-refractivity contribution < 1.29 is 27.6 Å². The molecular weight excluding hydrogens is 428 g/mol. The molecule has 1 aliphatic rings. The number of carbonyl (C=O) groups is 1. The average molecular weight is 450 g/mol. The van der Waals surface area contributed by atoms with Crippen LogP contribution in [0.3, 0.4) is 0 Å². The molecule has 2 aromatic rings. The third-order valence-corrected chi connectivity index (χ3v) is 6.68. The monoisotopic (exact) mass is 450 g/mol. The molecule has 0 spiro atoms. The molecule has 1 amide bonds. The molecule has 3 rings (SSSR count). The van der Waals surface area contributed by atoms with Gasteiger partial charge in [-0.1, -0.05) is 12.1 Å². The molecule has 0 atom stereocenters. The fraction of sp³-hybridized carbons (Fsp3) is 0.368. The summed E-state index contributed by atoms with van der Waals surface area (Å²) in [4.78, 5) is 28.7. The van der Waals surface area contributed by atoms with Crippen molar-refractivity contribution in [2.24, 2.45) is 0 Å². The molecule has 12 heteroatoms. The largest absolute Gasteiger partial charge is 0.475 e. The Kier molecular flexibility index (Phi) is 7.15. The Labute approximate surface area is 179 Å². The summed E-state index contributed by atoms with van der Waals surface area (Å²) in [5.74, 6) is -0.150. The molecule has 0 bridgehead atoms. The topological polar surface area (TPSA) is 132 Å². The van der Waals surface area contributed by atoms with Crippen molar-refractivity contribution in [1.82, 2.24) is 14.2 Å². The van der Waals surface area contributed by atoms with Crippen molar-refractivity contribution in [3.63, 3.8) is 0 Å². The minimum atomic E-state index is -4.07. The second kappa shape index (κ2) is 9.81. The number of nitrogens with zero attached hydrogens (tertiary/aromatic N) is 4. The number of hydrogen-bond donors (Lipinski definition) is 0. The molecule has 1 saturated heterocycles. The molecule has 0 unspecified atom stereocenters. The SMILES string of the molecule is COCCOc1ncccc1C(=O)N1CCN(S(=O)(=O)c2ccccc2[N+](=O)[O-])CC1. The standard InChI is InChI=1S/C19H22N4O7S/c1-29-13-14-30-18-15(5-4-8-20-18)19(24)21-9-11-22(12-10-21)31(27,28)17-7-3-2-6-16(17)23(25)26/h2-8H,9-14H2,1H3. The Hall–Kier alpha value is -3.09. The number of nitro groups is 1. The summed E-state index contributed by atoms with van der Waals surface area (Å²) in [5.41, 5.74) is -0.206. The van der Waals surface area contributed by atoms with Gasteiger partial charge in [-0.3, -0.25) is 14.9 Å². The van der Waals surface area contributed by atoms with E-state index < -0.39 is 20.6 Å². The molecule has 1 aromatic heterocycles. The highest BCUT2D eigenvalue weighted by atomic mass is 32.2. The van der Waals surface area contributed by atoms with Crippen LogP contribution >= 0.6 is 0 Å². The normalized spacial score (nSPS) is 14.9. The van der Waals surface area contributed by atoms with Crippen LogP contribution in [0.1, 0.15) is 10.4 Å². The molecule has 0 saturated carbocycles. The van der Waals surface area contributed by atoms with Gasteiger partial charge in [-0.15, -0.1) is 0 Å². The highest BCUT2D eigenvalue weighted by Crippen LogP contribution is 2.27. The molecule has 0 radical (unpaired) electrons. The van der Waals surface area contributed by atoms with Gasteiger partial charge in [0.05, 0.1) is 11.5 Å². The predicted molar refractivity (Wildman–Crippen MR) is 109 cm³/mol. The van der Waals surface area contributed by atoms with E-state index >= 15 is 0 Å². The minimum Gasteiger partial charge on any atom is -0.475 e. The van der Waals surface area contributed by atoms with E-state index in [9.17, 15) is 23.3 Å². The number of nitro benzene ring substituents is 1. The first-order valence-corrected chi connectivity index (χ1v) is 10.9. The fourth-order valence-electron chi connectivity index (χ4n) is 3.16. The van der Waals surface area contributed by atoms with Crippen LogP contribution in [0.25, 0.3) is 0 Å². The zero-order valence-electron chi connectivity index (χ0n) is 16.8. The maximum absolute atomic E-state index is 12.9. The lowest BCUT2D eigenvalue weighted by Crippen LogP contribution is -2.50. The van der Waals surface area contributed by atoms with Gasteiger partial charge in [-0.25, -0.2) is 13.4 Å². The number of methoxy groups -OCH3 is 1. The lowest BCUT2D eigenvalue weighted by molar-refractivity contribution is -0.387. The quantitative estimate of drug-likeness (QED) is 0.332. The summed E-state index contributed by atoms with van der Waals surface area (Å²) >= 11 is 0. The minimum absolute atomic E-state index is 0.0141. The lowest BCUT2D eigenvalue weighted by Gasteiger charge is -2.34. The van der Waals surface area contributed by atoms with E-state index in [1.807, 2.05) is 0 Å². The van der Waals surface area contributed by atoms with Crippen molar-refractivity contribution in [3.05, 3.63) is 58.3 Å². The molecular formula is C19H22N4O7S. The van der Waals surface area contributed by atoms with Crippen LogP contribution in [0.15, 0.2) is 47.5 Å². The number of rotatable bonds is 8. The maximum Gasteiger partial charge on any atom is 0.289 e. The van der Waals surface area contributed by atoms with E-state index in [0.29, 0.717) is 6.61 Å². The van der Waals surface area contributed by atoms with Crippen molar-refractivity contribution in [1.29, 1.82) is 0 Å². The first kappa shape index (κ1) is 22.6. The van der Waals surface area contributed by atoms with Crippen molar-refractivity contribution >= 4 is 21.6 Å². The van der Waals surface area contributed by atoms with E-state index in [4.69, 9.17) is 9.47 Å². The summed E-state index contributed by atoms with van der Waals surface area (Å²) in [6.45, 7) is 0.860. The van der Waals surface area contributed by atoms with E-state index in [1.54, 1.807) is 12.1 Å². The Morgan fingerprint density at radius 3 is 2.52 bits per heavy atom. The molecule has 1 fully saturated rings. The van der Waals surface area contributed by atoms with Crippen LogP contribution in [-0.2, 0) is 14.8 Å². The van der Waals surface area contributed by atoms with E-state index in [0.717, 1.165) is 10.4 Å². The maximum atomic E-state index is 12.9. The molecule has 166 valence electrons. The third kappa shape index (κ3) is 4.98. The number of piperazine rings is 1. The Morgan fingerprint density at radius 1 is 1.13 bits per heavy atom. The summed E-state index contributed by atoms with van der Waals surface area (Å²) in [6, 6.07) is 8.42. The molecule has 2 heterocycles. The number of carbonyl (C=O) groups excluding carboxylic acids is 1. The van der Waals surface area contributed by atoms with Crippen molar-refractivity contribution in [2.75, 3.05) is 46.5 Å². The summed E-state index contributed by atoms with van der Waals surface area (Å²) in [5, 5.41) is 11.2. The molecule has 0 N–H and O–H groups in total. The summed E-state index contributed by atoms with van der Waals surface area (Å²) in [6.07, 6.45) is 1.51. The number of para-hydroxylation sites is 1. The van der Waals surface area contributed by atoms with E-state index in [1.165, 1.54) is 36.4 Å². The first-order valence-electron chi connectivity index (χ1n) is 9.46. The van der Waals surface area contributed by atoms with Gasteiger partial charge in [0.2, 0.25) is 15.9 Å². The van der Waals surface area contributed by atoms with Crippen LogP contribution in [0.5, 0.6) is 5.88 Å². The number of hydrogen-bond acceptors (Lipinski definition) is 8. The number of benzene rings is 1. The van der Waals surface area contributed by atoms with Crippen LogP contribution in [0.2, 0.25) is 0 Å². The van der Waals surface area contributed by atoms with Gasteiger partial charge in [0, 0.05) is 45.6 Å². The van der Waals surface area contributed by atoms with Crippen molar-refractivity contribution in [2.45, 2.75) is 4.90 Å².